The van der Waals surface area contributed by atoms with Crippen LogP contribution in [0, 0.1) is 12.8 Å². The predicted molar refractivity (Wildman–Crippen MR) is 142 cm³/mol. The molecule has 5 nitrogen and oxygen atoms in total. The second-order valence-corrected chi connectivity index (χ2v) is 11.6. The summed E-state index contributed by atoms with van der Waals surface area (Å²) in [4.78, 5) is 34.9. The molecule has 2 aromatic rings. The largest absolute Gasteiger partial charge is 0.341 e. The van der Waals surface area contributed by atoms with Crippen LogP contribution in [-0.4, -0.2) is 65.3 Å². The molecule has 5 rings (SSSR count). The molecule has 1 saturated heterocycles. The summed E-state index contributed by atoms with van der Waals surface area (Å²) in [6.07, 6.45) is 7.55. The first kappa shape index (κ1) is 24.5. The highest BCUT2D eigenvalue weighted by Gasteiger charge is 2.37. The zero-order chi connectivity index (χ0) is 24.4. The first-order chi connectivity index (χ1) is 17.0. The van der Waals surface area contributed by atoms with E-state index in [-0.39, 0.29) is 23.9 Å². The molecule has 1 aromatic carbocycles. The number of rotatable bonds is 4. The maximum absolute atomic E-state index is 13.8. The van der Waals surface area contributed by atoms with Gasteiger partial charge in [-0.25, -0.2) is 0 Å². The van der Waals surface area contributed by atoms with Crippen molar-refractivity contribution in [1.29, 1.82) is 0 Å². The van der Waals surface area contributed by atoms with E-state index in [0.29, 0.717) is 19.0 Å². The predicted octanol–water partition coefficient (Wildman–Crippen LogP) is 5.03. The SMILES string of the molecule is Cc1ccccc1[C@H]1c2ccsc2CCN1[C@H](C)C(=O)N1CCCN(C(=O)C2CCCCC2)CC1. The van der Waals surface area contributed by atoms with Crippen molar-refractivity contribution < 1.29 is 9.59 Å². The monoisotopic (exact) mass is 493 g/mol. The molecular formula is C29H39N3O2S. The van der Waals surface area contributed by atoms with Gasteiger partial charge < -0.3 is 9.80 Å². The summed E-state index contributed by atoms with van der Waals surface area (Å²) < 4.78 is 0. The average Bonchev–Trinajstić information content (AvgIpc) is 3.24. The van der Waals surface area contributed by atoms with Crippen LogP contribution < -0.4 is 0 Å². The highest BCUT2D eigenvalue weighted by molar-refractivity contribution is 7.10. The molecule has 2 fully saturated rings. The Labute approximate surface area is 214 Å². The molecule has 35 heavy (non-hydrogen) atoms. The van der Waals surface area contributed by atoms with Gasteiger partial charge in [0.15, 0.2) is 0 Å². The van der Waals surface area contributed by atoms with Crippen molar-refractivity contribution in [2.45, 2.75) is 70.9 Å². The number of carbonyl (C=O) groups is 2. The molecule has 1 aliphatic carbocycles. The normalized spacial score (nSPS) is 23.0. The third-order valence-corrected chi connectivity index (χ3v) is 9.41. The van der Waals surface area contributed by atoms with Gasteiger partial charge in [0.25, 0.3) is 0 Å². The van der Waals surface area contributed by atoms with E-state index in [1.54, 1.807) is 0 Å². The number of hydrogen-bond acceptors (Lipinski definition) is 4. The van der Waals surface area contributed by atoms with Crippen LogP contribution in [0.3, 0.4) is 0 Å². The number of carbonyl (C=O) groups excluding carboxylic acids is 2. The summed E-state index contributed by atoms with van der Waals surface area (Å²) in [5.41, 5.74) is 3.93. The lowest BCUT2D eigenvalue weighted by Crippen LogP contribution is -2.51. The number of nitrogens with zero attached hydrogens (tertiary/aromatic N) is 3. The second kappa shape index (κ2) is 10.8. The molecule has 1 aromatic heterocycles. The van der Waals surface area contributed by atoms with E-state index >= 15 is 0 Å². The number of aryl methyl sites for hydroxylation is 1. The molecule has 2 atom stereocenters. The van der Waals surface area contributed by atoms with Gasteiger partial charge in [0.1, 0.15) is 0 Å². The van der Waals surface area contributed by atoms with Crippen LogP contribution in [0.25, 0.3) is 0 Å². The topological polar surface area (TPSA) is 43.9 Å². The molecule has 1 saturated carbocycles. The Morgan fingerprint density at radius 1 is 0.886 bits per heavy atom. The van der Waals surface area contributed by atoms with Crippen LogP contribution in [0.2, 0.25) is 0 Å². The number of hydrogen-bond donors (Lipinski definition) is 0. The molecule has 2 amide bonds. The maximum atomic E-state index is 13.8. The van der Waals surface area contributed by atoms with Gasteiger partial charge in [0, 0.05) is 43.5 Å². The molecule has 3 heterocycles. The Bertz CT molecular complexity index is 1040. The van der Waals surface area contributed by atoms with Crippen molar-refractivity contribution in [2.24, 2.45) is 5.92 Å². The van der Waals surface area contributed by atoms with Gasteiger partial charge in [-0.15, -0.1) is 11.3 Å². The molecule has 6 heteroatoms. The summed E-state index contributed by atoms with van der Waals surface area (Å²) >= 11 is 1.84. The van der Waals surface area contributed by atoms with Gasteiger partial charge in [0.05, 0.1) is 12.1 Å². The number of thiophene rings is 1. The third-order valence-electron chi connectivity index (χ3n) is 8.41. The fourth-order valence-electron chi connectivity index (χ4n) is 6.36. The van der Waals surface area contributed by atoms with Crippen molar-refractivity contribution in [2.75, 3.05) is 32.7 Å². The van der Waals surface area contributed by atoms with E-state index in [0.717, 1.165) is 45.3 Å². The second-order valence-electron chi connectivity index (χ2n) is 10.6. The Morgan fingerprint density at radius 3 is 2.43 bits per heavy atom. The summed E-state index contributed by atoms with van der Waals surface area (Å²) in [7, 11) is 0. The standard InChI is InChI=1S/C29H39N3O2S/c1-21-9-6-7-12-24(21)27-25-14-20-35-26(25)13-17-32(27)22(2)28(33)30-15-8-16-31(19-18-30)29(34)23-10-4-3-5-11-23/h6-7,9,12,14,20,22-23,27H,3-5,8,10-11,13,15-19H2,1-2H3/t22-,27+/m1/s1. The van der Waals surface area contributed by atoms with Gasteiger partial charge in [0.2, 0.25) is 11.8 Å². The lowest BCUT2D eigenvalue weighted by atomic mass is 9.88. The van der Waals surface area contributed by atoms with E-state index in [1.807, 2.05) is 21.1 Å². The van der Waals surface area contributed by atoms with Crippen molar-refractivity contribution in [3.05, 3.63) is 57.3 Å². The molecule has 3 aliphatic rings. The van der Waals surface area contributed by atoms with E-state index in [9.17, 15) is 9.59 Å². The highest BCUT2D eigenvalue weighted by Crippen LogP contribution is 2.40. The highest BCUT2D eigenvalue weighted by atomic mass is 32.1. The van der Waals surface area contributed by atoms with Crippen molar-refractivity contribution >= 4 is 23.2 Å². The van der Waals surface area contributed by atoms with Crippen LogP contribution in [0.1, 0.15) is 73.1 Å². The Balaban J connectivity index is 1.30. The van der Waals surface area contributed by atoms with Crippen LogP contribution in [0.15, 0.2) is 35.7 Å². The van der Waals surface area contributed by atoms with Crippen LogP contribution in [0.4, 0.5) is 0 Å². The van der Waals surface area contributed by atoms with Crippen molar-refractivity contribution in [1.82, 2.24) is 14.7 Å². The van der Waals surface area contributed by atoms with E-state index in [4.69, 9.17) is 0 Å². The minimum absolute atomic E-state index is 0.113. The molecule has 0 unspecified atom stereocenters. The number of fused-ring (bicyclic) bond motifs is 1. The molecule has 0 spiro atoms. The van der Waals surface area contributed by atoms with Gasteiger partial charge in [-0.1, -0.05) is 43.5 Å². The molecular weight excluding hydrogens is 454 g/mol. The third kappa shape index (κ3) is 5.05. The maximum Gasteiger partial charge on any atom is 0.239 e. The Morgan fingerprint density at radius 2 is 1.63 bits per heavy atom. The average molecular weight is 494 g/mol. The van der Waals surface area contributed by atoms with Crippen LogP contribution in [0.5, 0.6) is 0 Å². The van der Waals surface area contributed by atoms with Crippen molar-refractivity contribution in [3.8, 4) is 0 Å². The minimum atomic E-state index is -0.201. The number of benzene rings is 1. The summed E-state index contributed by atoms with van der Waals surface area (Å²) in [5.74, 6) is 0.731. The zero-order valence-electron chi connectivity index (χ0n) is 21.2. The molecule has 0 bridgehead atoms. The summed E-state index contributed by atoms with van der Waals surface area (Å²) in [6, 6.07) is 10.8. The van der Waals surface area contributed by atoms with Crippen molar-refractivity contribution in [3.63, 3.8) is 0 Å². The summed E-state index contributed by atoms with van der Waals surface area (Å²) in [5, 5.41) is 2.19. The quantitative estimate of drug-likeness (QED) is 0.600. The van der Waals surface area contributed by atoms with E-state index in [2.05, 4.69) is 54.5 Å². The Kier molecular flexibility index (Phi) is 7.59. The van der Waals surface area contributed by atoms with E-state index in [1.165, 1.54) is 40.8 Å². The molecule has 188 valence electrons. The zero-order valence-corrected chi connectivity index (χ0v) is 22.1. The lowest BCUT2D eigenvalue weighted by Gasteiger charge is -2.41. The van der Waals surface area contributed by atoms with Gasteiger partial charge in [-0.05, 0) is 67.7 Å². The molecule has 0 radical (unpaired) electrons. The van der Waals surface area contributed by atoms with Crippen LogP contribution in [-0.2, 0) is 16.0 Å². The fourth-order valence-corrected chi connectivity index (χ4v) is 7.27. The number of amides is 2. The van der Waals surface area contributed by atoms with Gasteiger partial charge in [-0.3, -0.25) is 14.5 Å². The van der Waals surface area contributed by atoms with Gasteiger partial charge >= 0.3 is 0 Å². The molecule has 2 aliphatic heterocycles. The Hall–Kier alpha value is -2.18. The first-order valence-electron chi connectivity index (χ1n) is 13.5. The minimum Gasteiger partial charge on any atom is -0.341 e. The smallest absolute Gasteiger partial charge is 0.239 e. The van der Waals surface area contributed by atoms with Crippen LogP contribution >= 0.6 is 11.3 Å². The van der Waals surface area contributed by atoms with E-state index < -0.39 is 0 Å². The lowest BCUT2D eigenvalue weighted by molar-refractivity contribution is -0.139. The van der Waals surface area contributed by atoms with Gasteiger partial charge in [-0.2, -0.15) is 0 Å². The molecule has 0 N–H and O–H groups in total. The summed E-state index contributed by atoms with van der Waals surface area (Å²) in [6.45, 7) is 7.98. The first-order valence-corrected chi connectivity index (χ1v) is 14.4. The fraction of sp³-hybridized carbons (Fsp3) is 0.586.